The molecule has 21 heavy (non-hydrogen) atoms. The van der Waals surface area contributed by atoms with Gasteiger partial charge < -0.3 is 5.73 Å². The highest BCUT2D eigenvalue weighted by molar-refractivity contribution is 9.10. The topological polar surface area (TPSA) is 72.2 Å². The first kappa shape index (κ1) is 16.7. The van der Waals surface area contributed by atoms with Gasteiger partial charge in [0.1, 0.15) is 4.99 Å². The van der Waals surface area contributed by atoms with Gasteiger partial charge in [-0.25, -0.2) is 8.42 Å². The number of hydrogen-bond donors (Lipinski definition) is 2. The largest absolute Gasteiger partial charge is 0.389 e. The van der Waals surface area contributed by atoms with Crippen LogP contribution in [-0.4, -0.2) is 19.2 Å². The standard InChI is InChI=1S/C14H19BrN2O2S2/c15-12-8-11(14(16)20)6-7-13(12)17-21(18,19)9-10-4-2-1-3-5-10/h6-8,10,17H,1-5,9H2,(H2,16,20). The monoisotopic (exact) mass is 390 g/mol. The number of benzene rings is 1. The summed E-state index contributed by atoms with van der Waals surface area (Å²) in [4.78, 5) is 0.285. The summed E-state index contributed by atoms with van der Waals surface area (Å²) < 4.78 is 27.8. The van der Waals surface area contributed by atoms with Gasteiger partial charge in [-0.2, -0.15) is 0 Å². The lowest BCUT2D eigenvalue weighted by molar-refractivity contribution is 0.385. The quantitative estimate of drug-likeness (QED) is 0.755. The van der Waals surface area contributed by atoms with Crippen molar-refractivity contribution in [2.45, 2.75) is 32.1 Å². The Bertz CT molecular complexity index is 626. The number of halogens is 1. The van der Waals surface area contributed by atoms with Crippen molar-refractivity contribution in [2.24, 2.45) is 11.7 Å². The summed E-state index contributed by atoms with van der Waals surface area (Å²) in [5.74, 6) is 0.460. The highest BCUT2D eigenvalue weighted by atomic mass is 79.9. The van der Waals surface area contributed by atoms with E-state index in [4.69, 9.17) is 18.0 Å². The number of sulfonamides is 1. The molecule has 7 heteroatoms. The van der Waals surface area contributed by atoms with Gasteiger partial charge in [0.05, 0.1) is 11.4 Å². The zero-order valence-corrected chi connectivity index (χ0v) is 14.9. The van der Waals surface area contributed by atoms with Crippen LogP contribution >= 0.6 is 28.1 Å². The lowest BCUT2D eigenvalue weighted by atomic mass is 9.91. The van der Waals surface area contributed by atoms with E-state index in [0.717, 1.165) is 25.7 Å². The molecule has 1 aliphatic carbocycles. The lowest BCUT2D eigenvalue weighted by Gasteiger charge is -2.21. The predicted molar refractivity (Wildman–Crippen MR) is 94.0 cm³/mol. The first-order valence-corrected chi connectivity index (χ1v) is 9.82. The van der Waals surface area contributed by atoms with Crippen LogP contribution in [0.1, 0.15) is 37.7 Å². The minimum atomic E-state index is -3.33. The molecule has 1 aliphatic rings. The van der Waals surface area contributed by atoms with E-state index in [1.807, 2.05) is 0 Å². The SMILES string of the molecule is NC(=S)c1ccc(NS(=O)(=O)CC2CCCCC2)c(Br)c1. The van der Waals surface area contributed by atoms with Crippen LogP contribution in [0.3, 0.4) is 0 Å². The fourth-order valence-corrected chi connectivity index (χ4v) is 4.91. The molecule has 0 radical (unpaired) electrons. The second kappa shape index (κ2) is 7.07. The number of nitrogens with two attached hydrogens (primary N) is 1. The van der Waals surface area contributed by atoms with Crippen LogP contribution in [0.5, 0.6) is 0 Å². The maximum atomic E-state index is 12.3. The molecule has 1 aromatic carbocycles. The molecule has 0 saturated heterocycles. The van der Waals surface area contributed by atoms with E-state index in [-0.39, 0.29) is 16.7 Å². The summed E-state index contributed by atoms with van der Waals surface area (Å²) in [5.41, 5.74) is 6.78. The lowest BCUT2D eigenvalue weighted by Crippen LogP contribution is -2.24. The third-order valence-corrected chi connectivity index (χ3v) is 6.03. The highest BCUT2D eigenvalue weighted by Gasteiger charge is 2.22. The molecule has 1 saturated carbocycles. The Kier molecular flexibility index (Phi) is 5.62. The van der Waals surface area contributed by atoms with Crippen molar-refractivity contribution in [1.82, 2.24) is 0 Å². The molecule has 2 rings (SSSR count). The molecule has 1 fully saturated rings. The Morgan fingerprint density at radius 3 is 2.57 bits per heavy atom. The molecule has 0 amide bonds. The molecule has 1 aromatic rings. The molecule has 0 heterocycles. The average Bonchev–Trinajstić information content (AvgIpc) is 2.41. The Morgan fingerprint density at radius 1 is 1.33 bits per heavy atom. The van der Waals surface area contributed by atoms with E-state index in [2.05, 4.69) is 20.7 Å². The maximum absolute atomic E-state index is 12.3. The molecule has 0 spiro atoms. The summed E-state index contributed by atoms with van der Waals surface area (Å²) in [5, 5.41) is 0. The second-order valence-corrected chi connectivity index (χ2v) is 8.51. The molecule has 3 N–H and O–H groups in total. The van der Waals surface area contributed by atoms with Crippen LogP contribution < -0.4 is 10.5 Å². The summed E-state index contributed by atoms with van der Waals surface area (Å²) >= 11 is 8.25. The fourth-order valence-electron chi connectivity index (χ4n) is 2.62. The first-order chi connectivity index (χ1) is 9.87. The molecule has 116 valence electrons. The van der Waals surface area contributed by atoms with Crippen LogP contribution in [0.15, 0.2) is 22.7 Å². The minimum absolute atomic E-state index is 0.191. The molecule has 0 bridgehead atoms. The third kappa shape index (κ3) is 4.93. The van der Waals surface area contributed by atoms with E-state index in [1.165, 1.54) is 6.42 Å². The smallest absolute Gasteiger partial charge is 0.233 e. The van der Waals surface area contributed by atoms with Gasteiger partial charge >= 0.3 is 0 Å². The van der Waals surface area contributed by atoms with E-state index in [9.17, 15) is 8.42 Å². The van der Waals surface area contributed by atoms with Gasteiger partial charge in [-0.3, -0.25) is 4.72 Å². The van der Waals surface area contributed by atoms with E-state index >= 15 is 0 Å². The maximum Gasteiger partial charge on any atom is 0.233 e. The Morgan fingerprint density at radius 2 is 2.00 bits per heavy atom. The van der Waals surface area contributed by atoms with Crippen LogP contribution in [0, 0.1) is 5.92 Å². The van der Waals surface area contributed by atoms with Crippen molar-refractivity contribution in [3.8, 4) is 0 Å². The van der Waals surface area contributed by atoms with Crippen LogP contribution in [0.4, 0.5) is 5.69 Å². The van der Waals surface area contributed by atoms with Gasteiger partial charge in [-0.15, -0.1) is 0 Å². The van der Waals surface area contributed by atoms with Gasteiger partial charge in [0, 0.05) is 10.0 Å². The molecule has 0 atom stereocenters. The van der Waals surface area contributed by atoms with Crippen LogP contribution in [-0.2, 0) is 10.0 Å². The van der Waals surface area contributed by atoms with E-state index in [0.29, 0.717) is 15.7 Å². The molecule has 0 aliphatic heterocycles. The van der Waals surface area contributed by atoms with E-state index < -0.39 is 10.0 Å². The Labute approximate surface area is 139 Å². The van der Waals surface area contributed by atoms with Crippen LogP contribution in [0.2, 0.25) is 0 Å². The van der Waals surface area contributed by atoms with E-state index in [1.54, 1.807) is 18.2 Å². The van der Waals surface area contributed by atoms with Gasteiger partial charge in [-0.05, 0) is 52.9 Å². The number of hydrogen-bond acceptors (Lipinski definition) is 3. The van der Waals surface area contributed by atoms with Crippen molar-refractivity contribution in [3.05, 3.63) is 28.2 Å². The first-order valence-electron chi connectivity index (χ1n) is 6.97. The van der Waals surface area contributed by atoms with Gasteiger partial charge in [0.15, 0.2) is 0 Å². The number of anilines is 1. The van der Waals surface area contributed by atoms with Crippen molar-refractivity contribution < 1.29 is 8.42 Å². The zero-order valence-electron chi connectivity index (χ0n) is 11.6. The van der Waals surface area contributed by atoms with Gasteiger partial charge in [-0.1, -0.05) is 31.5 Å². The van der Waals surface area contributed by atoms with Gasteiger partial charge in [0.2, 0.25) is 10.0 Å². The fraction of sp³-hybridized carbons (Fsp3) is 0.500. The summed E-state index contributed by atoms with van der Waals surface area (Å²) in [6, 6.07) is 5.11. The normalized spacial score (nSPS) is 16.6. The molecule has 4 nitrogen and oxygen atoms in total. The third-order valence-electron chi connectivity index (χ3n) is 3.70. The van der Waals surface area contributed by atoms with Crippen molar-refractivity contribution >= 4 is 48.8 Å². The van der Waals surface area contributed by atoms with Crippen molar-refractivity contribution in [3.63, 3.8) is 0 Å². The average molecular weight is 391 g/mol. The number of rotatable bonds is 5. The Balaban J connectivity index is 2.07. The summed E-state index contributed by atoms with van der Waals surface area (Å²) in [6.45, 7) is 0. The van der Waals surface area contributed by atoms with Crippen molar-refractivity contribution in [2.75, 3.05) is 10.5 Å². The molecule has 0 unspecified atom stereocenters. The van der Waals surface area contributed by atoms with Gasteiger partial charge in [0.25, 0.3) is 0 Å². The van der Waals surface area contributed by atoms with Crippen molar-refractivity contribution in [1.29, 1.82) is 0 Å². The molecule has 0 aromatic heterocycles. The number of thiocarbonyl (C=S) groups is 1. The highest BCUT2D eigenvalue weighted by Crippen LogP contribution is 2.28. The second-order valence-electron chi connectivity index (χ2n) is 5.45. The predicted octanol–water partition coefficient (Wildman–Crippen LogP) is 3.41. The van der Waals surface area contributed by atoms with Crippen LogP contribution in [0.25, 0.3) is 0 Å². The summed E-state index contributed by atoms with van der Waals surface area (Å²) in [6.07, 6.45) is 5.49. The zero-order chi connectivity index (χ0) is 15.5. The minimum Gasteiger partial charge on any atom is -0.389 e. The number of nitrogens with one attached hydrogen (secondary N) is 1. The Hall–Kier alpha value is -0.660. The molecular formula is C14H19BrN2O2S2. The summed E-state index contributed by atoms with van der Waals surface area (Å²) in [7, 11) is -3.33. The molecular weight excluding hydrogens is 372 g/mol.